The summed E-state index contributed by atoms with van der Waals surface area (Å²) in [4.78, 5) is 64.6. The number of amides is 5. The van der Waals surface area contributed by atoms with Gasteiger partial charge in [0.15, 0.2) is 5.69 Å². The molecule has 0 saturated carbocycles. The van der Waals surface area contributed by atoms with E-state index in [-0.39, 0.29) is 29.0 Å². The third-order valence-electron chi connectivity index (χ3n) is 6.69. The van der Waals surface area contributed by atoms with E-state index in [4.69, 9.17) is 9.26 Å². The molecule has 236 valence electrons. The SMILES string of the molecule is Cc1ccc(CNC(=O)[C@H](COc2cccc(C=C3SC(=O)N(C)C3=O)c2)NC(=O)[C@@H](NC(=O)c2cc(C)on2)[C@@H](C)O)cc1. The highest BCUT2D eigenvalue weighted by molar-refractivity contribution is 8.18. The zero-order valence-electron chi connectivity index (χ0n) is 25.0. The zero-order chi connectivity index (χ0) is 32.7. The van der Waals surface area contributed by atoms with E-state index in [2.05, 4.69) is 21.1 Å². The number of carbonyl (C=O) groups is 5. The molecule has 13 nitrogen and oxygen atoms in total. The molecule has 14 heteroatoms. The van der Waals surface area contributed by atoms with E-state index in [0.717, 1.165) is 27.8 Å². The van der Waals surface area contributed by atoms with Gasteiger partial charge in [0.1, 0.15) is 30.2 Å². The molecule has 1 aromatic heterocycles. The minimum absolute atomic E-state index is 0.0785. The Bertz CT molecular complexity index is 1620. The van der Waals surface area contributed by atoms with Crippen molar-refractivity contribution in [3.63, 3.8) is 0 Å². The molecule has 0 unspecified atom stereocenters. The number of aryl methyl sites for hydroxylation is 2. The number of nitrogens with one attached hydrogen (secondary N) is 3. The highest BCUT2D eigenvalue weighted by Crippen LogP contribution is 2.31. The quantitative estimate of drug-likeness (QED) is 0.216. The first kappa shape index (κ1) is 33.0. The maximum atomic E-state index is 13.3. The zero-order valence-corrected chi connectivity index (χ0v) is 25.8. The Kier molecular flexibility index (Phi) is 10.8. The van der Waals surface area contributed by atoms with Crippen LogP contribution in [-0.2, 0) is 20.9 Å². The fourth-order valence-electron chi connectivity index (χ4n) is 4.13. The van der Waals surface area contributed by atoms with Crippen LogP contribution in [0.1, 0.15) is 39.9 Å². The fourth-order valence-corrected chi connectivity index (χ4v) is 4.95. The number of carbonyl (C=O) groups excluding carboxylic acids is 5. The van der Waals surface area contributed by atoms with Gasteiger partial charge in [-0.1, -0.05) is 47.1 Å². The standard InChI is InChI=1S/C31H33N5O8S/c1-17-8-10-20(11-9-17)15-32-27(38)24(33-29(40)26(19(3)37)34-28(39)23-12-18(2)44-35-23)16-43-22-7-5-6-21(13-22)14-25-30(41)36(4)31(42)45-25/h5-14,19,24,26,37H,15-16H2,1-4H3,(H,32,38)(H,33,40)(H,34,39)/t19-,24+,26+/m1/s1. The van der Waals surface area contributed by atoms with Crippen molar-refractivity contribution >= 4 is 46.7 Å². The third kappa shape index (κ3) is 8.80. The van der Waals surface area contributed by atoms with Crippen LogP contribution in [0.3, 0.4) is 0 Å². The molecular weight excluding hydrogens is 602 g/mol. The predicted octanol–water partition coefficient (Wildman–Crippen LogP) is 2.32. The van der Waals surface area contributed by atoms with E-state index >= 15 is 0 Å². The number of nitrogens with zero attached hydrogens (tertiary/aromatic N) is 2. The van der Waals surface area contributed by atoms with Gasteiger partial charge in [-0.2, -0.15) is 0 Å². The van der Waals surface area contributed by atoms with Crippen LogP contribution in [0.2, 0.25) is 0 Å². The highest BCUT2D eigenvalue weighted by Gasteiger charge is 2.32. The number of hydrogen-bond donors (Lipinski definition) is 4. The van der Waals surface area contributed by atoms with Crippen LogP contribution in [-0.4, -0.2) is 75.9 Å². The molecule has 45 heavy (non-hydrogen) atoms. The Morgan fingerprint density at radius 3 is 2.42 bits per heavy atom. The second kappa shape index (κ2) is 14.7. The van der Waals surface area contributed by atoms with Gasteiger partial charge in [-0.05, 0) is 61.9 Å². The van der Waals surface area contributed by atoms with Gasteiger partial charge in [-0.25, -0.2) is 0 Å². The smallest absolute Gasteiger partial charge is 0.293 e. The first-order valence-corrected chi connectivity index (χ1v) is 14.7. The summed E-state index contributed by atoms with van der Waals surface area (Å²) in [5.41, 5.74) is 2.39. The van der Waals surface area contributed by atoms with Crippen LogP contribution in [0.25, 0.3) is 6.08 Å². The number of imide groups is 1. The number of hydrogen-bond acceptors (Lipinski definition) is 10. The average Bonchev–Trinajstić information content (AvgIpc) is 3.55. The molecule has 1 aliphatic heterocycles. The summed E-state index contributed by atoms with van der Waals surface area (Å²) in [6, 6.07) is 12.9. The van der Waals surface area contributed by atoms with E-state index < -0.39 is 41.8 Å². The average molecular weight is 636 g/mol. The minimum atomic E-state index is -1.43. The molecule has 1 fully saturated rings. The van der Waals surface area contributed by atoms with Gasteiger partial charge in [-0.3, -0.25) is 28.9 Å². The predicted molar refractivity (Wildman–Crippen MR) is 165 cm³/mol. The highest BCUT2D eigenvalue weighted by atomic mass is 32.2. The van der Waals surface area contributed by atoms with Crippen LogP contribution >= 0.6 is 11.8 Å². The van der Waals surface area contributed by atoms with E-state index in [9.17, 15) is 29.1 Å². The molecule has 0 spiro atoms. The van der Waals surface area contributed by atoms with Gasteiger partial charge in [0, 0.05) is 19.7 Å². The monoisotopic (exact) mass is 635 g/mol. The van der Waals surface area contributed by atoms with Crippen molar-refractivity contribution in [1.29, 1.82) is 0 Å². The molecule has 0 radical (unpaired) electrons. The number of ether oxygens (including phenoxy) is 1. The van der Waals surface area contributed by atoms with Crippen molar-refractivity contribution in [2.75, 3.05) is 13.7 Å². The van der Waals surface area contributed by atoms with E-state index in [1.54, 1.807) is 37.3 Å². The molecule has 5 amide bonds. The van der Waals surface area contributed by atoms with Gasteiger partial charge in [0.25, 0.3) is 17.1 Å². The van der Waals surface area contributed by atoms with Crippen LogP contribution in [0, 0.1) is 13.8 Å². The van der Waals surface area contributed by atoms with Crippen LogP contribution in [0.5, 0.6) is 5.75 Å². The summed E-state index contributed by atoms with van der Waals surface area (Å²) in [5, 5.41) is 21.3. The van der Waals surface area contributed by atoms with Crippen molar-refractivity contribution in [3.05, 3.63) is 87.6 Å². The molecule has 1 aliphatic rings. The lowest BCUT2D eigenvalue weighted by atomic mass is 10.1. The lowest BCUT2D eigenvalue weighted by Gasteiger charge is -2.24. The third-order valence-corrected chi connectivity index (χ3v) is 7.65. The van der Waals surface area contributed by atoms with Crippen molar-refractivity contribution < 1.29 is 38.3 Å². The maximum Gasteiger partial charge on any atom is 0.293 e. The van der Waals surface area contributed by atoms with E-state index in [0.29, 0.717) is 17.1 Å². The largest absolute Gasteiger partial charge is 0.491 e. The summed E-state index contributed by atoms with van der Waals surface area (Å²) >= 11 is 0.822. The summed E-state index contributed by atoms with van der Waals surface area (Å²) in [5.74, 6) is -1.85. The van der Waals surface area contributed by atoms with Crippen molar-refractivity contribution in [3.8, 4) is 5.75 Å². The number of thioether (sulfide) groups is 1. The second-order valence-corrected chi connectivity index (χ2v) is 11.4. The fraction of sp³-hybridized carbons (Fsp3) is 0.290. The first-order chi connectivity index (χ1) is 21.4. The molecule has 0 aliphatic carbocycles. The topological polar surface area (TPSA) is 180 Å². The van der Waals surface area contributed by atoms with Crippen LogP contribution in [0.15, 0.2) is 64.0 Å². The van der Waals surface area contributed by atoms with Gasteiger partial charge in [0.2, 0.25) is 11.8 Å². The van der Waals surface area contributed by atoms with E-state index in [1.807, 2.05) is 31.2 Å². The summed E-state index contributed by atoms with van der Waals surface area (Å²) in [6.07, 6.45) is 0.229. The molecular formula is C31H33N5O8S. The Hall–Kier alpha value is -4.95. The van der Waals surface area contributed by atoms with Crippen LogP contribution in [0.4, 0.5) is 4.79 Å². The van der Waals surface area contributed by atoms with Crippen molar-refractivity contribution in [2.45, 2.75) is 45.5 Å². The molecule has 0 bridgehead atoms. The number of aliphatic hydroxyl groups excluding tert-OH is 1. The Labute approximate surface area is 263 Å². The number of rotatable bonds is 12. The minimum Gasteiger partial charge on any atom is -0.491 e. The maximum absolute atomic E-state index is 13.3. The molecule has 3 atom stereocenters. The molecule has 1 saturated heterocycles. The number of likely N-dealkylation sites (N-methyl/N-ethyl adjacent to an activating group) is 1. The summed E-state index contributed by atoms with van der Waals surface area (Å²) in [6.45, 7) is 4.72. The van der Waals surface area contributed by atoms with Gasteiger partial charge in [-0.15, -0.1) is 0 Å². The van der Waals surface area contributed by atoms with E-state index in [1.165, 1.54) is 20.0 Å². The molecule has 2 heterocycles. The Morgan fingerprint density at radius 2 is 1.80 bits per heavy atom. The number of benzene rings is 2. The Morgan fingerprint density at radius 1 is 1.07 bits per heavy atom. The lowest BCUT2D eigenvalue weighted by molar-refractivity contribution is -0.132. The molecule has 4 N–H and O–H groups in total. The number of aromatic nitrogens is 1. The lowest BCUT2D eigenvalue weighted by Crippen LogP contribution is -2.58. The normalized spacial score (nSPS) is 15.8. The summed E-state index contributed by atoms with van der Waals surface area (Å²) in [7, 11) is 1.40. The molecule has 2 aromatic carbocycles. The van der Waals surface area contributed by atoms with Crippen molar-refractivity contribution in [2.24, 2.45) is 0 Å². The van der Waals surface area contributed by atoms with Crippen molar-refractivity contribution in [1.82, 2.24) is 26.0 Å². The summed E-state index contributed by atoms with van der Waals surface area (Å²) < 4.78 is 10.8. The first-order valence-electron chi connectivity index (χ1n) is 13.9. The second-order valence-electron chi connectivity index (χ2n) is 10.4. The number of aliphatic hydroxyl groups is 1. The molecule has 3 aromatic rings. The van der Waals surface area contributed by atoms with Gasteiger partial charge in [0.05, 0.1) is 11.0 Å². The molecule has 4 rings (SSSR count). The van der Waals surface area contributed by atoms with Gasteiger partial charge >= 0.3 is 0 Å². The van der Waals surface area contributed by atoms with Gasteiger partial charge < -0.3 is 30.3 Å². The Balaban J connectivity index is 1.49. The van der Waals surface area contributed by atoms with Crippen LogP contribution < -0.4 is 20.7 Å².